The van der Waals surface area contributed by atoms with E-state index in [9.17, 15) is 4.79 Å². The Kier molecular flexibility index (Phi) is 6.32. The van der Waals surface area contributed by atoms with Crippen LogP contribution >= 0.6 is 39.7 Å². The molecule has 1 aromatic carbocycles. The first-order valence-electron chi connectivity index (χ1n) is 6.60. The van der Waals surface area contributed by atoms with Crippen LogP contribution in [0.15, 0.2) is 47.1 Å². The quantitative estimate of drug-likeness (QED) is 0.642. The molecule has 3 N–H and O–H groups in total. The lowest BCUT2D eigenvalue weighted by atomic mass is 10.0. The van der Waals surface area contributed by atoms with Gasteiger partial charge in [0.05, 0.1) is 12.5 Å². The minimum absolute atomic E-state index is 0.129. The van der Waals surface area contributed by atoms with Crippen molar-refractivity contribution in [3.05, 3.63) is 57.7 Å². The van der Waals surface area contributed by atoms with Crippen molar-refractivity contribution in [1.82, 2.24) is 10.3 Å². The number of hydrogen-bond donors (Lipinski definition) is 3. The van der Waals surface area contributed by atoms with E-state index in [1.807, 2.05) is 6.07 Å². The topological polar surface area (TPSA) is 74.2 Å². The number of carbonyl (C=O) groups is 1. The second-order valence-electron chi connectivity index (χ2n) is 4.67. The number of rotatable bonds is 5. The Balaban J connectivity index is 2.09. The van der Waals surface area contributed by atoms with Crippen molar-refractivity contribution >= 4 is 56.6 Å². The summed E-state index contributed by atoms with van der Waals surface area (Å²) in [5, 5.41) is 15.8. The minimum Gasteiger partial charge on any atom is -0.481 e. The molecule has 0 amide bonds. The fourth-order valence-corrected chi connectivity index (χ4v) is 2.59. The second-order valence-corrected chi connectivity index (χ2v) is 6.43. The van der Waals surface area contributed by atoms with E-state index in [1.165, 1.54) is 0 Å². The summed E-state index contributed by atoms with van der Waals surface area (Å²) in [7, 11) is 0. The van der Waals surface area contributed by atoms with Gasteiger partial charge in [-0.05, 0) is 58.0 Å². The Labute approximate surface area is 152 Å². The molecular weight excluding hydrogens is 402 g/mol. The molecule has 23 heavy (non-hydrogen) atoms. The highest BCUT2D eigenvalue weighted by molar-refractivity contribution is 9.10. The number of nitrogens with zero attached hydrogens (tertiary/aromatic N) is 1. The Hall–Kier alpha value is -1.70. The van der Waals surface area contributed by atoms with Crippen LogP contribution in [0.1, 0.15) is 18.0 Å². The zero-order valence-corrected chi connectivity index (χ0v) is 15.0. The SMILES string of the molecule is O=C(O)CC(NC(=S)Nc1ccc(Br)cn1)c1cccc(Cl)c1. The summed E-state index contributed by atoms with van der Waals surface area (Å²) in [4.78, 5) is 15.2. The van der Waals surface area contributed by atoms with Crippen LogP contribution in [0.25, 0.3) is 0 Å². The second kappa shape index (κ2) is 8.24. The lowest BCUT2D eigenvalue weighted by Crippen LogP contribution is -2.33. The van der Waals surface area contributed by atoms with Gasteiger partial charge in [-0.25, -0.2) is 4.98 Å². The van der Waals surface area contributed by atoms with Gasteiger partial charge in [-0.2, -0.15) is 0 Å². The summed E-state index contributed by atoms with van der Waals surface area (Å²) in [6.45, 7) is 0. The predicted molar refractivity (Wildman–Crippen MR) is 97.7 cm³/mol. The molecule has 2 aromatic rings. The number of anilines is 1. The van der Waals surface area contributed by atoms with Gasteiger partial charge in [-0.3, -0.25) is 4.79 Å². The van der Waals surface area contributed by atoms with E-state index >= 15 is 0 Å². The Morgan fingerprint density at radius 1 is 1.39 bits per heavy atom. The molecule has 1 unspecified atom stereocenters. The fraction of sp³-hybridized carbons (Fsp3) is 0.133. The molecule has 0 aliphatic rings. The minimum atomic E-state index is -0.938. The summed E-state index contributed by atoms with van der Waals surface area (Å²) in [5.74, 6) is -0.377. The number of thiocarbonyl (C=S) groups is 1. The van der Waals surface area contributed by atoms with Gasteiger partial charge >= 0.3 is 5.97 Å². The normalized spacial score (nSPS) is 11.6. The lowest BCUT2D eigenvalue weighted by Gasteiger charge is -2.20. The third-order valence-corrected chi connectivity index (χ3v) is 3.83. The molecular formula is C15H13BrClN3O2S. The van der Waals surface area contributed by atoms with Gasteiger partial charge in [0, 0.05) is 15.7 Å². The molecule has 1 atom stereocenters. The van der Waals surface area contributed by atoms with Gasteiger partial charge < -0.3 is 15.7 Å². The van der Waals surface area contributed by atoms with E-state index in [2.05, 4.69) is 31.5 Å². The molecule has 0 saturated carbocycles. The highest BCUT2D eigenvalue weighted by Gasteiger charge is 2.17. The van der Waals surface area contributed by atoms with Crippen LogP contribution in [-0.4, -0.2) is 21.2 Å². The van der Waals surface area contributed by atoms with Crippen LogP contribution in [0.2, 0.25) is 5.02 Å². The molecule has 0 bridgehead atoms. The van der Waals surface area contributed by atoms with Crippen molar-refractivity contribution < 1.29 is 9.90 Å². The maximum Gasteiger partial charge on any atom is 0.305 e. The largest absolute Gasteiger partial charge is 0.481 e. The number of pyridine rings is 1. The average molecular weight is 415 g/mol. The van der Waals surface area contributed by atoms with Crippen LogP contribution in [-0.2, 0) is 4.79 Å². The number of carboxylic acid groups (broad SMARTS) is 1. The smallest absolute Gasteiger partial charge is 0.305 e. The molecule has 5 nitrogen and oxygen atoms in total. The molecule has 0 aliphatic heterocycles. The molecule has 0 saturated heterocycles. The average Bonchev–Trinajstić information content (AvgIpc) is 2.48. The third kappa shape index (κ3) is 5.78. The zero-order chi connectivity index (χ0) is 16.8. The van der Waals surface area contributed by atoms with E-state index in [1.54, 1.807) is 36.5 Å². The Bertz CT molecular complexity index is 712. The van der Waals surface area contributed by atoms with E-state index < -0.39 is 12.0 Å². The molecule has 0 aliphatic carbocycles. The van der Waals surface area contributed by atoms with E-state index in [4.69, 9.17) is 28.9 Å². The molecule has 1 aromatic heterocycles. The number of nitrogens with one attached hydrogen (secondary N) is 2. The van der Waals surface area contributed by atoms with Crippen molar-refractivity contribution in [3.63, 3.8) is 0 Å². The highest BCUT2D eigenvalue weighted by atomic mass is 79.9. The molecule has 1 heterocycles. The molecule has 0 radical (unpaired) electrons. The van der Waals surface area contributed by atoms with Crippen LogP contribution < -0.4 is 10.6 Å². The number of hydrogen-bond acceptors (Lipinski definition) is 3. The first-order valence-corrected chi connectivity index (χ1v) is 8.18. The van der Waals surface area contributed by atoms with E-state index in [0.29, 0.717) is 10.8 Å². The molecule has 0 fully saturated rings. The maximum absolute atomic E-state index is 11.1. The Morgan fingerprint density at radius 3 is 2.78 bits per heavy atom. The summed E-state index contributed by atoms with van der Waals surface area (Å²) in [5.41, 5.74) is 0.743. The Morgan fingerprint density at radius 2 is 2.17 bits per heavy atom. The van der Waals surface area contributed by atoms with E-state index in [0.717, 1.165) is 10.0 Å². The number of carboxylic acids is 1. The monoisotopic (exact) mass is 413 g/mol. The molecule has 120 valence electrons. The first-order chi connectivity index (χ1) is 10.9. The number of aliphatic carboxylic acids is 1. The van der Waals surface area contributed by atoms with Crippen LogP contribution in [0.4, 0.5) is 5.82 Å². The van der Waals surface area contributed by atoms with Crippen LogP contribution in [0, 0.1) is 0 Å². The van der Waals surface area contributed by atoms with Gasteiger partial charge in [0.15, 0.2) is 5.11 Å². The summed E-state index contributed by atoms with van der Waals surface area (Å²) in [6.07, 6.45) is 1.51. The summed E-state index contributed by atoms with van der Waals surface area (Å²) >= 11 is 14.5. The fourth-order valence-electron chi connectivity index (χ4n) is 1.91. The van der Waals surface area contributed by atoms with Gasteiger partial charge in [0.25, 0.3) is 0 Å². The molecule has 8 heteroatoms. The molecule has 2 rings (SSSR count). The van der Waals surface area contributed by atoms with E-state index in [-0.39, 0.29) is 11.5 Å². The predicted octanol–water partition coefficient (Wildman–Crippen LogP) is 4.00. The van der Waals surface area contributed by atoms with Crippen LogP contribution in [0.3, 0.4) is 0 Å². The van der Waals surface area contributed by atoms with Crippen LogP contribution in [0.5, 0.6) is 0 Å². The lowest BCUT2D eigenvalue weighted by molar-refractivity contribution is -0.137. The van der Waals surface area contributed by atoms with Crippen molar-refractivity contribution in [3.8, 4) is 0 Å². The van der Waals surface area contributed by atoms with Gasteiger partial charge in [0.2, 0.25) is 0 Å². The maximum atomic E-state index is 11.1. The zero-order valence-electron chi connectivity index (χ0n) is 11.8. The highest BCUT2D eigenvalue weighted by Crippen LogP contribution is 2.21. The van der Waals surface area contributed by atoms with Gasteiger partial charge in [-0.15, -0.1) is 0 Å². The van der Waals surface area contributed by atoms with Gasteiger partial charge in [-0.1, -0.05) is 23.7 Å². The van der Waals surface area contributed by atoms with Crippen molar-refractivity contribution in [1.29, 1.82) is 0 Å². The van der Waals surface area contributed by atoms with Gasteiger partial charge in [0.1, 0.15) is 5.82 Å². The number of benzene rings is 1. The summed E-state index contributed by atoms with van der Waals surface area (Å²) in [6, 6.07) is 10.1. The molecule has 0 spiro atoms. The third-order valence-electron chi connectivity index (χ3n) is 2.90. The van der Waals surface area contributed by atoms with Crippen molar-refractivity contribution in [2.45, 2.75) is 12.5 Å². The number of halogens is 2. The standard InChI is InChI=1S/C15H13BrClN3O2S/c16-10-4-5-13(18-8-10)20-15(23)19-12(7-14(21)22)9-2-1-3-11(17)6-9/h1-6,8,12H,7H2,(H,21,22)(H2,18,19,20,23). The summed E-state index contributed by atoms with van der Waals surface area (Å²) < 4.78 is 0.851. The first kappa shape index (κ1) is 17.7. The number of aromatic nitrogens is 1. The van der Waals surface area contributed by atoms with Crippen molar-refractivity contribution in [2.24, 2.45) is 0 Å². The van der Waals surface area contributed by atoms with Crippen molar-refractivity contribution in [2.75, 3.05) is 5.32 Å².